The summed E-state index contributed by atoms with van der Waals surface area (Å²) < 4.78 is 44.6. The third kappa shape index (κ3) is 6.45. The van der Waals surface area contributed by atoms with Crippen molar-refractivity contribution in [3.63, 3.8) is 0 Å². The van der Waals surface area contributed by atoms with Gasteiger partial charge in [0.05, 0.1) is 31.3 Å². The van der Waals surface area contributed by atoms with Crippen LogP contribution in [-0.2, 0) is 14.8 Å². The molecule has 0 aliphatic rings. The summed E-state index contributed by atoms with van der Waals surface area (Å²) in [5.74, 6) is 0.973. The fourth-order valence-electron chi connectivity index (χ4n) is 3.41. The molecule has 0 heterocycles. The van der Waals surface area contributed by atoms with E-state index in [1.54, 1.807) is 30.3 Å². The number of hydrogen-bond acceptors (Lipinski definition) is 6. The van der Waals surface area contributed by atoms with Gasteiger partial charge in [0, 0.05) is 6.07 Å². The van der Waals surface area contributed by atoms with Gasteiger partial charge in [0.25, 0.3) is 10.0 Å². The van der Waals surface area contributed by atoms with Crippen LogP contribution in [0.5, 0.6) is 17.2 Å². The molecule has 0 saturated carbocycles. The highest BCUT2D eigenvalue weighted by molar-refractivity contribution is 7.92. The summed E-state index contributed by atoms with van der Waals surface area (Å²) >= 11 is 0. The molecule has 0 spiro atoms. The van der Waals surface area contributed by atoms with E-state index in [2.05, 4.69) is 5.32 Å². The first-order chi connectivity index (χ1) is 16.8. The van der Waals surface area contributed by atoms with Crippen molar-refractivity contribution in [3.8, 4) is 17.2 Å². The first kappa shape index (κ1) is 25.9. The van der Waals surface area contributed by atoms with Crippen LogP contribution >= 0.6 is 0 Å². The van der Waals surface area contributed by atoms with Crippen LogP contribution in [-0.4, -0.2) is 48.2 Å². The summed E-state index contributed by atoms with van der Waals surface area (Å²) in [6.07, 6.45) is 0. The van der Waals surface area contributed by atoms with Gasteiger partial charge in [-0.3, -0.25) is 9.10 Å². The quantitative estimate of drug-likeness (QED) is 0.405. The predicted octanol–water partition coefficient (Wildman–Crippen LogP) is 3.71. The largest absolute Gasteiger partial charge is 0.497 e. The van der Waals surface area contributed by atoms with Gasteiger partial charge in [-0.05, 0) is 55.3 Å². The Morgan fingerprint density at radius 2 is 1.66 bits per heavy atom. The second kappa shape index (κ2) is 11.6. The van der Waals surface area contributed by atoms with Gasteiger partial charge in [0.15, 0.2) is 0 Å². The molecule has 0 aliphatic heterocycles. The fourth-order valence-corrected chi connectivity index (χ4v) is 4.86. The smallest absolute Gasteiger partial charge is 0.264 e. The maximum Gasteiger partial charge on any atom is 0.264 e. The average molecular weight is 499 g/mol. The number of amides is 1. The number of ether oxygens (including phenoxy) is 3. The maximum atomic E-state index is 13.5. The molecule has 1 N–H and O–H groups in total. The molecule has 0 atom stereocenters. The second-order valence-electron chi connectivity index (χ2n) is 7.83. The van der Waals surface area contributed by atoms with E-state index in [0.29, 0.717) is 5.75 Å². The number of anilines is 1. The zero-order valence-corrected chi connectivity index (χ0v) is 21.1. The molecule has 9 heteroatoms. The SMILES string of the molecule is COc1ccc(OC)c(N(CC(=O)NCCOc2cc(C)ccc2C)S(=O)(=O)c2ccccc2)c1. The first-order valence-corrected chi connectivity index (χ1v) is 12.5. The summed E-state index contributed by atoms with van der Waals surface area (Å²) in [4.78, 5) is 12.9. The molecule has 0 fully saturated rings. The average Bonchev–Trinajstić information content (AvgIpc) is 2.87. The Bertz CT molecular complexity index is 1260. The Balaban J connectivity index is 1.80. The number of nitrogens with one attached hydrogen (secondary N) is 1. The molecule has 8 nitrogen and oxygen atoms in total. The Labute approximate surface area is 206 Å². The predicted molar refractivity (Wildman–Crippen MR) is 135 cm³/mol. The Kier molecular flexibility index (Phi) is 8.59. The molecule has 0 unspecified atom stereocenters. The van der Waals surface area contributed by atoms with Crippen molar-refractivity contribution in [3.05, 3.63) is 77.9 Å². The standard InChI is InChI=1S/C26H30N2O6S/c1-19-10-11-20(2)25(16-19)34-15-14-27-26(29)18-28(35(30,31)22-8-6-5-7-9-22)23-17-21(32-3)12-13-24(23)33-4/h5-13,16-17H,14-15,18H2,1-4H3,(H,27,29). The lowest BCUT2D eigenvalue weighted by Gasteiger charge is -2.26. The molecule has 0 radical (unpaired) electrons. The molecular formula is C26H30N2O6S. The van der Waals surface area contributed by atoms with Crippen molar-refractivity contribution in [1.29, 1.82) is 0 Å². The highest BCUT2D eigenvalue weighted by atomic mass is 32.2. The van der Waals surface area contributed by atoms with Crippen LogP contribution in [0.4, 0.5) is 5.69 Å². The maximum absolute atomic E-state index is 13.5. The Morgan fingerprint density at radius 1 is 0.914 bits per heavy atom. The lowest BCUT2D eigenvalue weighted by Crippen LogP contribution is -2.42. The van der Waals surface area contributed by atoms with E-state index < -0.39 is 22.5 Å². The van der Waals surface area contributed by atoms with Crippen molar-refractivity contribution in [2.45, 2.75) is 18.7 Å². The molecule has 35 heavy (non-hydrogen) atoms. The molecule has 0 bridgehead atoms. The summed E-state index contributed by atoms with van der Waals surface area (Å²) in [5, 5.41) is 2.73. The number of aryl methyl sites for hydroxylation is 2. The minimum atomic E-state index is -4.09. The molecule has 3 aromatic carbocycles. The Morgan fingerprint density at radius 3 is 2.34 bits per heavy atom. The van der Waals surface area contributed by atoms with E-state index in [-0.39, 0.29) is 29.5 Å². The lowest BCUT2D eigenvalue weighted by atomic mass is 10.1. The number of hydrogen-bond donors (Lipinski definition) is 1. The fraction of sp³-hybridized carbons (Fsp3) is 0.269. The highest BCUT2D eigenvalue weighted by Crippen LogP contribution is 2.35. The topological polar surface area (TPSA) is 94.2 Å². The molecule has 1 amide bonds. The van der Waals surface area contributed by atoms with E-state index in [9.17, 15) is 13.2 Å². The van der Waals surface area contributed by atoms with Gasteiger partial charge in [-0.25, -0.2) is 8.42 Å². The van der Waals surface area contributed by atoms with Gasteiger partial charge >= 0.3 is 0 Å². The van der Waals surface area contributed by atoms with Crippen molar-refractivity contribution in [1.82, 2.24) is 5.32 Å². The van der Waals surface area contributed by atoms with E-state index in [1.165, 1.54) is 32.4 Å². The number of methoxy groups -OCH3 is 2. The summed E-state index contributed by atoms with van der Waals surface area (Å²) in [6.45, 7) is 3.92. The van der Waals surface area contributed by atoms with Crippen molar-refractivity contribution < 1.29 is 27.4 Å². The highest BCUT2D eigenvalue weighted by Gasteiger charge is 2.29. The number of carbonyl (C=O) groups excluding carboxylic acids is 1. The van der Waals surface area contributed by atoms with Crippen LogP contribution in [0.2, 0.25) is 0 Å². The summed E-state index contributed by atoms with van der Waals surface area (Å²) in [5.41, 5.74) is 2.26. The monoisotopic (exact) mass is 498 g/mol. The number of carbonyl (C=O) groups is 1. The number of rotatable bonds is 11. The van der Waals surface area contributed by atoms with E-state index in [0.717, 1.165) is 21.2 Å². The first-order valence-electron chi connectivity index (χ1n) is 11.0. The van der Waals surface area contributed by atoms with Crippen LogP contribution in [0.15, 0.2) is 71.6 Å². The molecule has 0 saturated heterocycles. The number of benzene rings is 3. The van der Waals surface area contributed by atoms with Crippen molar-refractivity contribution in [2.24, 2.45) is 0 Å². The van der Waals surface area contributed by atoms with Crippen LogP contribution < -0.4 is 23.8 Å². The molecule has 3 rings (SSSR count). The van der Waals surface area contributed by atoms with Gasteiger partial charge in [0.1, 0.15) is 30.4 Å². The Hall–Kier alpha value is -3.72. The summed E-state index contributed by atoms with van der Waals surface area (Å²) in [6, 6.07) is 18.6. The summed E-state index contributed by atoms with van der Waals surface area (Å²) in [7, 11) is -1.17. The van der Waals surface area contributed by atoms with E-state index in [1.807, 2.05) is 32.0 Å². The van der Waals surface area contributed by atoms with Gasteiger partial charge in [-0.15, -0.1) is 0 Å². The minimum Gasteiger partial charge on any atom is -0.497 e. The van der Waals surface area contributed by atoms with Crippen LogP contribution in [0.3, 0.4) is 0 Å². The van der Waals surface area contributed by atoms with Crippen LogP contribution in [0.25, 0.3) is 0 Å². The van der Waals surface area contributed by atoms with Crippen LogP contribution in [0, 0.1) is 13.8 Å². The number of sulfonamides is 1. The van der Waals surface area contributed by atoms with E-state index >= 15 is 0 Å². The van der Waals surface area contributed by atoms with Crippen LogP contribution in [0.1, 0.15) is 11.1 Å². The van der Waals surface area contributed by atoms with Crippen molar-refractivity contribution >= 4 is 21.6 Å². The molecule has 0 aliphatic carbocycles. The van der Waals surface area contributed by atoms with E-state index in [4.69, 9.17) is 14.2 Å². The molecule has 186 valence electrons. The van der Waals surface area contributed by atoms with Gasteiger partial charge < -0.3 is 19.5 Å². The normalized spacial score (nSPS) is 11.0. The molecule has 0 aromatic heterocycles. The van der Waals surface area contributed by atoms with Gasteiger partial charge in [0.2, 0.25) is 5.91 Å². The van der Waals surface area contributed by atoms with Gasteiger partial charge in [-0.2, -0.15) is 0 Å². The number of nitrogens with zero attached hydrogens (tertiary/aromatic N) is 1. The van der Waals surface area contributed by atoms with Gasteiger partial charge in [-0.1, -0.05) is 30.3 Å². The molecular weight excluding hydrogens is 468 g/mol. The second-order valence-corrected chi connectivity index (χ2v) is 9.69. The zero-order valence-electron chi connectivity index (χ0n) is 20.3. The molecule has 3 aromatic rings. The third-order valence-corrected chi connectivity index (χ3v) is 7.07. The lowest BCUT2D eigenvalue weighted by molar-refractivity contribution is -0.119. The third-order valence-electron chi connectivity index (χ3n) is 5.30. The minimum absolute atomic E-state index is 0.0518. The van der Waals surface area contributed by atoms with Crippen molar-refractivity contribution in [2.75, 3.05) is 38.2 Å². The zero-order chi connectivity index (χ0) is 25.4.